The average Bonchev–Trinajstić information content (AvgIpc) is 2.37. The Kier molecular flexibility index (Phi) is 4.38. The number of hydrogen-bond donors (Lipinski definition) is 1. The summed E-state index contributed by atoms with van der Waals surface area (Å²) < 4.78 is 5.57. The van der Waals surface area contributed by atoms with Crippen molar-refractivity contribution in [1.82, 2.24) is 4.90 Å². The molecular weight excluding hydrogens is 226 g/mol. The summed E-state index contributed by atoms with van der Waals surface area (Å²) in [5.74, 6) is 0. The van der Waals surface area contributed by atoms with Crippen molar-refractivity contribution in [2.45, 2.75) is 39.5 Å². The molecule has 1 aromatic carbocycles. The Labute approximate surface area is 109 Å². The summed E-state index contributed by atoms with van der Waals surface area (Å²) >= 11 is 0. The Balaban J connectivity index is 2.09. The zero-order valence-corrected chi connectivity index (χ0v) is 11.5. The number of hydrogen-bond acceptors (Lipinski definition) is 3. The molecule has 2 atom stereocenters. The predicted molar refractivity (Wildman–Crippen MR) is 72.6 cm³/mol. The second kappa shape index (κ2) is 5.83. The van der Waals surface area contributed by atoms with Crippen molar-refractivity contribution >= 4 is 0 Å². The zero-order chi connectivity index (χ0) is 13.1. The Hall–Kier alpha value is -0.900. The molecule has 1 aliphatic heterocycles. The van der Waals surface area contributed by atoms with E-state index in [1.54, 1.807) is 0 Å². The Morgan fingerprint density at radius 3 is 2.89 bits per heavy atom. The number of ether oxygens (including phenoxy) is 1. The number of benzene rings is 1. The van der Waals surface area contributed by atoms with Gasteiger partial charge in [-0.05, 0) is 37.5 Å². The van der Waals surface area contributed by atoms with E-state index >= 15 is 0 Å². The first-order chi connectivity index (χ1) is 8.61. The SMILES string of the molecule is Cc1cccc(CN2CC(CO)OCC2C)c1C. The minimum atomic E-state index is -0.0358. The van der Waals surface area contributed by atoms with Crippen LogP contribution in [0.4, 0.5) is 0 Å². The van der Waals surface area contributed by atoms with E-state index in [2.05, 4.69) is 43.9 Å². The highest BCUT2D eigenvalue weighted by molar-refractivity contribution is 5.33. The van der Waals surface area contributed by atoms with Gasteiger partial charge in [-0.3, -0.25) is 4.90 Å². The fourth-order valence-electron chi connectivity index (χ4n) is 2.41. The maximum absolute atomic E-state index is 9.21. The standard InChI is InChI=1S/C15H23NO2/c1-11-5-4-6-14(13(11)3)7-16-8-15(9-17)18-10-12(16)2/h4-6,12,15,17H,7-10H2,1-3H3. The molecule has 0 radical (unpaired) electrons. The van der Waals surface area contributed by atoms with Crippen molar-refractivity contribution < 1.29 is 9.84 Å². The maximum Gasteiger partial charge on any atom is 0.0933 e. The molecule has 0 saturated carbocycles. The van der Waals surface area contributed by atoms with E-state index in [0.29, 0.717) is 12.6 Å². The second-order valence-corrected chi connectivity index (χ2v) is 5.28. The molecule has 3 heteroatoms. The first kappa shape index (κ1) is 13.5. The highest BCUT2D eigenvalue weighted by Crippen LogP contribution is 2.19. The number of nitrogens with zero attached hydrogens (tertiary/aromatic N) is 1. The molecule has 0 spiro atoms. The molecule has 2 rings (SSSR count). The number of rotatable bonds is 3. The number of aliphatic hydroxyl groups is 1. The quantitative estimate of drug-likeness (QED) is 0.888. The van der Waals surface area contributed by atoms with Crippen molar-refractivity contribution in [3.63, 3.8) is 0 Å². The van der Waals surface area contributed by atoms with Gasteiger partial charge in [0.05, 0.1) is 19.3 Å². The Morgan fingerprint density at radius 1 is 1.39 bits per heavy atom. The minimum absolute atomic E-state index is 0.0358. The van der Waals surface area contributed by atoms with Crippen LogP contribution in [0.3, 0.4) is 0 Å². The molecule has 1 aromatic rings. The van der Waals surface area contributed by atoms with Gasteiger partial charge in [-0.25, -0.2) is 0 Å². The molecule has 18 heavy (non-hydrogen) atoms. The Morgan fingerprint density at radius 2 is 2.17 bits per heavy atom. The molecule has 0 bridgehead atoms. The van der Waals surface area contributed by atoms with Gasteiger partial charge in [0, 0.05) is 19.1 Å². The van der Waals surface area contributed by atoms with Gasteiger partial charge < -0.3 is 9.84 Å². The second-order valence-electron chi connectivity index (χ2n) is 5.28. The van der Waals surface area contributed by atoms with Crippen LogP contribution in [0.5, 0.6) is 0 Å². The van der Waals surface area contributed by atoms with E-state index in [-0.39, 0.29) is 12.7 Å². The molecule has 1 aliphatic rings. The van der Waals surface area contributed by atoms with E-state index in [4.69, 9.17) is 4.74 Å². The minimum Gasteiger partial charge on any atom is -0.394 e. The van der Waals surface area contributed by atoms with Crippen molar-refractivity contribution in [2.75, 3.05) is 19.8 Å². The van der Waals surface area contributed by atoms with Gasteiger partial charge in [0.2, 0.25) is 0 Å². The highest BCUT2D eigenvalue weighted by atomic mass is 16.5. The van der Waals surface area contributed by atoms with E-state index in [1.807, 2.05) is 0 Å². The van der Waals surface area contributed by atoms with Crippen LogP contribution in [0, 0.1) is 13.8 Å². The first-order valence-electron chi connectivity index (χ1n) is 6.63. The molecule has 100 valence electrons. The number of aryl methyl sites for hydroxylation is 1. The lowest BCUT2D eigenvalue weighted by atomic mass is 10.0. The molecule has 1 heterocycles. The van der Waals surface area contributed by atoms with Crippen LogP contribution in [0.25, 0.3) is 0 Å². The van der Waals surface area contributed by atoms with Gasteiger partial charge in [-0.2, -0.15) is 0 Å². The molecule has 1 fully saturated rings. The average molecular weight is 249 g/mol. The fraction of sp³-hybridized carbons (Fsp3) is 0.600. The van der Waals surface area contributed by atoms with Gasteiger partial charge in [0.25, 0.3) is 0 Å². The molecule has 3 nitrogen and oxygen atoms in total. The van der Waals surface area contributed by atoms with Crippen LogP contribution in [-0.2, 0) is 11.3 Å². The summed E-state index contributed by atoms with van der Waals surface area (Å²) in [4.78, 5) is 2.40. The van der Waals surface area contributed by atoms with Crippen LogP contribution in [0.15, 0.2) is 18.2 Å². The molecule has 2 unspecified atom stereocenters. The molecular formula is C15H23NO2. The smallest absolute Gasteiger partial charge is 0.0933 e. The van der Waals surface area contributed by atoms with Crippen molar-refractivity contribution in [3.05, 3.63) is 34.9 Å². The summed E-state index contributed by atoms with van der Waals surface area (Å²) in [7, 11) is 0. The van der Waals surface area contributed by atoms with E-state index < -0.39 is 0 Å². The van der Waals surface area contributed by atoms with E-state index in [0.717, 1.165) is 13.1 Å². The van der Waals surface area contributed by atoms with Crippen LogP contribution in [0.2, 0.25) is 0 Å². The molecule has 0 amide bonds. The van der Waals surface area contributed by atoms with E-state index in [1.165, 1.54) is 16.7 Å². The van der Waals surface area contributed by atoms with Crippen LogP contribution in [-0.4, -0.2) is 41.9 Å². The molecule has 0 aliphatic carbocycles. The lowest BCUT2D eigenvalue weighted by molar-refractivity contribution is -0.0806. The fourth-order valence-corrected chi connectivity index (χ4v) is 2.41. The van der Waals surface area contributed by atoms with Crippen molar-refractivity contribution in [2.24, 2.45) is 0 Å². The van der Waals surface area contributed by atoms with Crippen molar-refractivity contribution in [1.29, 1.82) is 0 Å². The monoisotopic (exact) mass is 249 g/mol. The Bertz CT molecular complexity index is 405. The largest absolute Gasteiger partial charge is 0.394 e. The third-order valence-electron chi connectivity index (χ3n) is 3.93. The summed E-state index contributed by atoms with van der Waals surface area (Å²) in [6.45, 7) is 9.07. The summed E-state index contributed by atoms with van der Waals surface area (Å²) in [6.07, 6.45) is -0.0358. The van der Waals surface area contributed by atoms with Gasteiger partial charge >= 0.3 is 0 Å². The van der Waals surface area contributed by atoms with Crippen molar-refractivity contribution in [3.8, 4) is 0 Å². The first-order valence-corrected chi connectivity index (χ1v) is 6.63. The third kappa shape index (κ3) is 2.91. The summed E-state index contributed by atoms with van der Waals surface area (Å²) in [5, 5.41) is 9.21. The molecule has 1 saturated heterocycles. The van der Waals surface area contributed by atoms with Gasteiger partial charge in [0.1, 0.15) is 0 Å². The predicted octanol–water partition coefficient (Wildman–Crippen LogP) is 1.89. The molecule has 0 aromatic heterocycles. The lowest BCUT2D eigenvalue weighted by Crippen LogP contribution is -2.48. The summed E-state index contributed by atoms with van der Waals surface area (Å²) in [6, 6.07) is 6.87. The normalized spacial score (nSPS) is 25.3. The maximum atomic E-state index is 9.21. The van der Waals surface area contributed by atoms with Gasteiger partial charge in [0.15, 0.2) is 0 Å². The third-order valence-corrected chi connectivity index (χ3v) is 3.93. The van der Waals surface area contributed by atoms with Gasteiger partial charge in [-0.15, -0.1) is 0 Å². The van der Waals surface area contributed by atoms with E-state index in [9.17, 15) is 5.11 Å². The number of aliphatic hydroxyl groups excluding tert-OH is 1. The van der Waals surface area contributed by atoms with Crippen LogP contribution in [0.1, 0.15) is 23.6 Å². The number of morpholine rings is 1. The van der Waals surface area contributed by atoms with Crippen LogP contribution < -0.4 is 0 Å². The van der Waals surface area contributed by atoms with Gasteiger partial charge in [-0.1, -0.05) is 18.2 Å². The summed E-state index contributed by atoms with van der Waals surface area (Å²) in [5.41, 5.74) is 4.09. The topological polar surface area (TPSA) is 32.7 Å². The lowest BCUT2D eigenvalue weighted by Gasteiger charge is -2.37. The zero-order valence-electron chi connectivity index (χ0n) is 11.5. The molecule has 1 N–H and O–H groups in total. The van der Waals surface area contributed by atoms with Crippen LogP contribution >= 0.6 is 0 Å². The highest BCUT2D eigenvalue weighted by Gasteiger charge is 2.25.